The maximum absolute atomic E-state index is 11.9. The minimum Gasteiger partial charge on any atom is -0.371 e. The Morgan fingerprint density at radius 2 is 1.94 bits per heavy atom. The summed E-state index contributed by atoms with van der Waals surface area (Å²) in [6.45, 7) is 8.39. The Morgan fingerprint density at radius 3 is 2.53 bits per heavy atom. The zero-order valence-electron chi connectivity index (χ0n) is 11.2. The molecule has 0 aliphatic heterocycles. The molecule has 0 aliphatic carbocycles. The second kappa shape index (κ2) is 6.55. The van der Waals surface area contributed by atoms with Crippen LogP contribution in [0.5, 0.6) is 0 Å². The first-order valence-corrected chi connectivity index (χ1v) is 6.22. The molecule has 0 aliphatic rings. The van der Waals surface area contributed by atoms with Crippen molar-refractivity contribution in [2.24, 2.45) is 5.92 Å². The molecule has 0 heterocycles. The third kappa shape index (κ3) is 5.14. The fourth-order valence-electron chi connectivity index (χ4n) is 1.67. The van der Waals surface area contributed by atoms with Crippen LogP contribution in [-0.2, 0) is 11.2 Å². The van der Waals surface area contributed by atoms with Gasteiger partial charge in [-0.2, -0.15) is 0 Å². The van der Waals surface area contributed by atoms with Crippen LogP contribution in [0.2, 0.25) is 0 Å². The molecule has 2 nitrogen and oxygen atoms in total. The average molecular weight is 234 g/mol. The average Bonchev–Trinajstić information content (AvgIpc) is 2.25. The lowest BCUT2D eigenvalue weighted by Gasteiger charge is -2.09. The molecule has 0 bridgehead atoms. The first-order chi connectivity index (χ1) is 7.99. The molecule has 1 aromatic carbocycles. The molecule has 94 valence electrons. The highest BCUT2D eigenvalue weighted by atomic mass is 16.5. The third-order valence-electron chi connectivity index (χ3n) is 2.44. The van der Waals surface area contributed by atoms with Gasteiger partial charge in [-0.25, -0.2) is 0 Å². The highest BCUT2D eigenvalue weighted by Crippen LogP contribution is 2.11. The molecule has 0 aromatic heterocycles. The molecule has 1 rings (SSSR count). The molecular formula is C15H22O2. The van der Waals surface area contributed by atoms with Crippen molar-refractivity contribution in [2.45, 2.75) is 40.2 Å². The van der Waals surface area contributed by atoms with E-state index < -0.39 is 0 Å². The van der Waals surface area contributed by atoms with Crippen LogP contribution in [0.1, 0.15) is 43.6 Å². The Bertz CT molecular complexity index is 367. The van der Waals surface area contributed by atoms with Crippen molar-refractivity contribution in [2.75, 3.05) is 6.61 Å². The lowest BCUT2D eigenvalue weighted by molar-refractivity contribution is 0.0584. The molecule has 0 N–H and O–H groups in total. The van der Waals surface area contributed by atoms with Crippen molar-refractivity contribution < 1.29 is 9.53 Å². The van der Waals surface area contributed by atoms with Crippen LogP contribution >= 0.6 is 0 Å². The molecular weight excluding hydrogens is 212 g/mol. The molecule has 0 fully saturated rings. The van der Waals surface area contributed by atoms with Crippen molar-refractivity contribution in [3.63, 3.8) is 0 Å². The van der Waals surface area contributed by atoms with E-state index in [4.69, 9.17) is 4.74 Å². The Kier molecular flexibility index (Phi) is 5.36. The number of hydrogen-bond donors (Lipinski definition) is 0. The molecule has 2 heteroatoms. The number of Topliss-reactive ketones (excluding diaryl/α,β-unsaturated/α-hetero) is 1. The standard InChI is InChI=1S/C15H22O2/c1-11(2)8-13-6-5-7-14(9-13)15(16)10-17-12(3)4/h5-7,9,11-12H,8,10H2,1-4H3. The van der Waals surface area contributed by atoms with E-state index in [1.54, 1.807) is 0 Å². The fourth-order valence-corrected chi connectivity index (χ4v) is 1.67. The van der Waals surface area contributed by atoms with E-state index in [-0.39, 0.29) is 18.5 Å². The van der Waals surface area contributed by atoms with E-state index in [9.17, 15) is 4.79 Å². The molecule has 0 saturated heterocycles. The van der Waals surface area contributed by atoms with Gasteiger partial charge in [0.05, 0.1) is 6.10 Å². The Balaban J connectivity index is 2.67. The number of benzene rings is 1. The smallest absolute Gasteiger partial charge is 0.188 e. The van der Waals surface area contributed by atoms with Gasteiger partial charge < -0.3 is 4.74 Å². The van der Waals surface area contributed by atoms with Crippen LogP contribution in [-0.4, -0.2) is 18.5 Å². The predicted molar refractivity (Wildman–Crippen MR) is 70.4 cm³/mol. The van der Waals surface area contributed by atoms with Crippen LogP contribution in [0.25, 0.3) is 0 Å². The maximum atomic E-state index is 11.9. The van der Waals surface area contributed by atoms with Gasteiger partial charge in [-0.1, -0.05) is 32.0 Å². The zero-order valence-corrected chi connectivity index (χ0v) is 11.2. The minimum atomic E-state index is 0.0595. The monoisotopic (exact) mass is 234 g/mol. The largest absolute Gasteiger partial charge is 0.371 e. The van der Waals surface area contributed by atoms with Gasteiger partial charge in [0.1, 0.15) is 6.61 Å². The van der Waals surface area contributed by atoms with E-state index >= 15 is 0 Å². The summed E-state index contributed by atoms with van der Waals surface area (Å²) < 4.78 is 5.33. The van der Waals surface area contributed by atoms with Crippen molar-refractivity contribution >= 4 is 5.78 Å². The van der Waals surface area contributed by atoms with E-state index in [0.717, 1.165) is 12.0 Å². The minimum absolute atomic E-state index is 0.0595. The molecule has 0 amide bonds. The number of carbonyl (C=O) groups excluding carboxylic acids is 1. The van der Waals surface area contributed by atoms with Gasteiger partial charge in [-0.15, -0.1) is 0 Å². The first kappa shape index (κ1) is 13.9. The van der Waals surface area contributed by atoms with E-state index in [2.05, 4.69) is 19.9 Å². The summed E-state index contributed by atoms with van der Waals surface area (Å²) in [4.78, 5) is 11.9. The van der Waals surface area contributed by atoms with Gasteiger partial charge in [-0.3, -0.25) is 4.79 Å². The van der Waals surface area contributed by atoms with E-state index in [0.29, 0.717) is 5.92 Å². The van der Waals surface area contributed by atoms with Crippen LogP contribution in [0.4, 0.5) is 0 Å². The molecule has 0 unspecified atom stereocenters. The fraction of sp³-hybridized carbons (Fsp3) is 0.533. The number of ketones is 1. The summed E-state index contributed by atoms with van der Waals surface area (Å²) in [5, 5.41) is 0. The number of ether oxygens (including phenoxy) is 1. The lowest BCUT2D eigenvalue weighted by Crippen LogP contribution is -2.13. The van der Waals surface area contributed by atoms with Gasteiger partial charge in [0.25, 0.3) is 0 Å². The number of hydrogen-bond acceptors (Lipinski definition) is 2. The second-order valence-corrected chi connectivity index (χ2v) is 5.08. The van der Waals surface area contributed by atoms with E-state index in [1.807, 2.05) is 32.0 Å². The van der Waals surface area contributed by atoms with Crippen LogP contribution < -0.4 is 0 Å². The van der Waals surface area contributed by atoms with Crippen molar-refractivity contribution in [1.29, 1.82) is 0 Å². The predicted octanol–water partition coefficient (Wildman–Crippen LogP) is 3.49. The maximum Gasteiger partial charge on any atom is 0.188 e. The summed E-state index contributed by atoms with van der Waals surface area (Å²) >= 11 is 0. The van der Waals surface area contributed by atoms with Gasteiger partial charge in [0.15, 0.2) is 5.78 Å². The first-order valence-electron chi connectivity index (χ1n) is 6.22. The molecule has 0 atom stereocenters. The van der Waals surface area contributed by atoms with Crippen molar-refractivity contribution in [3.05, 3.63) is 35.4 Å². The molecule has 17 heavy (non-hydrogen) atoms. The lowest BCUT2D eigenvalue weighted by atomic mass is 10.00. The van der Waals surface area contributed by atoms with Gasteiger partial charge in [-0.05, 0) is 37.8 Å². The number of carbonyl (C=O) groups is 1. The van der Waals surface area contributed by atoms with Gasteiger partial charge in [0.2, 0.25) is 0 Å². The van der Waals surface area contributed by atoms with Gasteiger partial charge >= 0.3 is 0 Å². The summed E-state index contributed by atoms with van der Waals surface area (Å²) in [6.07, 6.45) is 1.10. The second-order valence-electron chi connectivity index (χ2n) is 5.08. The normalized spacial score (nSPS) is 11.2. The highest BCUT2D eigenvalue weighted by Gasteiger charge is 2.08. The van der Waals surface area contributed by atoms with Crippen molar-refractivity contribution in [3.8, 4) is 0 Å². The van der Waals surface area contributed by atoms with Crippen LogP contribution in [0, 0.1) is 5.92 Å². The van der Waals surface area contributed by atoms with Crippen LogP contribution in [0.3, 0.4) is 0 Å². The highest BCUT2D eigenvalue weighted by molar-refractivity contribution is 5.97. The molecule has 0 saturated carbocycles. The quantitative estimate of drug-likeness (QED) is 0.704. The Hall–Kier alpha value is -1.15. The SMILES string of the molecule is CC(C)Cc1cccc(C(=O)COC(C)C)c1. The van der Waals surface area contributed by atoms with Gasteiger partial charge in [0, 0.05) is 5.56 Å². The van der Waals surface area contributed by atoms with Crippen LogP contribution in [0.15, 0.2) is 24.3 Å². The summed E-state index contributed by atoms with van der Waals surface area (Å²) in [5.41, 5.74) is 1.97. The molecule has 1 aromatic rings. The molecule has 0 radical (unpaired) electrons. The van der Waals surface area contributed by atoms with Crippen molar-refractivity contribution in [1.82, 2.24) is 0 Å². The topological polar surface area (TPSA) is 26.3 Å². The Morgan fingerprint density at radius 1 is 1.24 bits per heavy atom. The summed E-state index contributed by atoms with van der Waals surface area (Å²) in [6, 6.07) is 7.85. The number of rotatable bonds is 6. The van der Waals surface area contributed by atoms with E-state index in [1.165, 1.54) is 5.56 Å². The molecule has 0 spiro atoms. The third-order valence-corrected chi connectivity index (χ3v) is 2.44. The zero-order chi connectivity index (χ0) is 12.8. The summed E-state index contributed by atoms with van der Waals surface area (Å²) in [7, 11) is 0. The summed E-state index contributed by atoms with van der Waals surface area (Å²) in [5.74, 6) is 0.663. The Labute approximate surface area is 104 Å².